The molecule has 0 fully saturated rings. The fourth-order valence-corrected chi connectivity index (χ4v) is 3.26. The molecule has 0 bridgehead atoms. The monoisotopic (exact) mass is 379 g/mol. The summed E-state index contributed by atoms with van der Waals surface area (Å²) in [6, 6.07) is 5.10. The van der Waals surface area contributed by atoms with Crippen LogP contribution in [0.25, 0.3) is 5.57 Å². The maximum Gasteiger partial charge on any atom is 0.416 e. The lowest BCUT2D eigenvalue weighted by Gasteiger charge is -2.31. The van der Waals surface area contributed by atoms with Crippen molar-refractivity contribution in [3.8, 4) is 0 Å². The van der Waals surface area contributed by atoms with Gasteiger partial charge in [-0.1, -0.05) is 18.2 Å². The molecule has 0 amide bonds. The molecule has 0 spiro atoms. The quantitative estimate of drug-likeness (QED) is 0.797. The number of esters is 1. The molecule has 1 aliphatic heterocycles. The van der Waals surface area contributed by atoms with E-state index in [1.54, 1.807) is 13.8 Å². The van der Waals surface area contributed by atoms with Gasteiger partial charge >= 0.3 is 12.1 Å². The Kier molecular flexibility index (Phi) is 4.73. The first-order valence-corrected chi connectivity index (χ1v) is 7.92. The number of dihydropyridines is 1. The first-order chi connectivity index (χ1) is 12.8. The van der Waals surface area contributed by atoms with Gasteiger partial charge in [-0.2, -0.15) is 18.4 Å². The number of allylic oxidation sites excluding steroid dienone is 3. The first kappa shape index (κ1) is 18.6. The van der Waals surface area contributed by atoms with Gasteiger partial charge in [-0.3, -0.25) is 0 Å². The van der Waals surface area contributed by atoms with Crippen molar-refractivity contribution in [2.45, 2.75) is 25.9 Å². The molecule has 142 valence electrons. The molecule has 1 aromatic heterocycles. The summed E-state index contributed by atoms with van der Waals surface area (Å²) in [5.41, 5.74) is 0.341. The van der Waals surface area contributed by atoms with Crippen LogP contribution in [0.5, 0.6) is 0 Å². The summed E-state index contributed by atoms with van der Waals surface area (Å²) < 4.78 is 45.8. The second-order valence-corrected chi connectivity index (χ2v) is 5.95. The summed E-state index contributed by atoms with van der Waals surface area (Å²) in [5, 5.41) is 16.6. The molecule has 1 atom stereocenters. The Bertz CT molecular complexity index is 932. The number of methoxy groups -OCH3 is 1. The third kappa shape index (κ3) is 3.29. The predicted molar refractivity (Wildman–Crippen MR) is 88.8 cm³/mol. The number of aromatic amines is 1. The van der Waals surface area contributed by atoms with Crippen molar-refractivity contribution in [3.05, 3.63) is 58.2 Å². The molecule has 0 saturated carbocycles. The van der Waals surface area contributed by atoms with E-state index in [9.17, 15) is 18.0 Å². The van der Waals surface area contributed by atoms with Crippen LogP contribution in [0.15, 0.2) is 41.2 Å². The number of hydrogen-bond acceptors (Lipinski definition) is 6. The summed E-state index contributed by atoms with van der Waals surface area (Å²) in [5.74, 6) is -1.72. The van der Waals surface area contributed by atoms with Crippen molar-refractivity contribution < 1.29 is 22.7 Å². The summed E-state index contributed by atoms with van der Waals surface area (Å²) in [7, 11) is 1.18. The summed E-state index contributed by atoms with van der Waals surface area (Å²) in [4.78, 5) is 12.5. The van der Waals surface area contributed by atoms with Gasteiger partial charge in [-0.05, 0) is 30.7 Å². The molecule has 10 heteroatoms. The Labute approximate surface area is 152 Å². The average Bonchev–Trinajstić information content (AvgIpc) is 3.14. The standard InChI is InChI=1S/C17H16F3N5O2/c1-8-12(15-22-24-25-23-15)14(13(9(2)21-8)16(26)27-3)10-6-4-5-7-11(10)17(18,19)20/h4-7,14,21H,1-3H3,(H,22,23,24,25). The van der Waals surface area contributed by atoms with Gasteiger partial charge in [0.15, 0.2) is 0 Å². The van der Waals surface area contributed by atoms with Crippen LogP contribution in [0.1, 0.15) is 36.7 Å². The number of carbonyl (C=O) groups is 1. The van der Waals surface area contributed by atoms with Crippen molar-refractivity contribution in [2.75, 3.05) is 7.11 Å². The van der Waals surface area contributed by atoms with Gasteiger partial charge in [-0.15, -0.1) is 10.2 Å². The number of rotatable bonds is 3. The summed E-state index contributed by atoms with van der Waals surface area (Å²) >= 11 is 0. The highest BCUT2D eigenvalue weighted by Crippen LogP contribution is 2.46. The van der Waals surface area contributed by atoms with E-state index in [0.717, 1.165) is 6.07 Å². The van der Waals surface area contributed by atoms with Crippen LogP contribution >= 0.6 is 0 Å². The van der Waals surface area contributed by atoms with E-state index in [4.69, 9.17) is 4.74 Å². The molecule has 0 saturated heterocycles. The smallest absolute Gasteiger partial charge is 0.416 e. The van der Waals surface area contributed by atoms with Crippen LogP contribution in [-0.4, -0.2) is 33.7 Å². The number of nitrogens with one attached hydrogen (secondary N) is 2. The third-order valence-corrected chi connectivity index (χ3v) is 4.33. The fourth-order valence-electron chi connectivity index (χ4n) is 3.26. The van der Waals surface area contributed by atoms with Crippen LogP contribution < -0.4 is 5.32 Å². The fraction of sp³-hybridized carbons (Fsp3) is 0.294. The van der Waals surface area contributed by atoms with E-state index in [1.165, 1.54) is 25.3 Å². The number of halogens is 3. The molecule has 27 heavy (non-hydrogen) atoms. The van der Waals surface area contributed by atoms with Crippen molar-refractivity contribution in [3.63, 3.8) is 0 Å². The maximum atomic E-state index is 13.7. The largest absolute Gasteiger partial charge is 0.466 e. The van der Waals surface area contributed by atoms with E-state index in [1.807, 2.05) is 0 Å². The predicted octanol–water partition coefficient (Wildman–Crippen LogP) is 2.78. The van der Waals surface area contributed by atoms with E-state index >= 15 is 0 Å². The van der Waals surface area contributed by atoms with E-state index in [2.05, 4.69) is 25.9 Å². The zero-order valence-electron chi connectivity index (χ0n) is 14.7. The molecular formula is C17H16F3N5O2. The lowest BCUT2D eigenvalue weighted by Crippen LogP contribution is -2.29. The SMILES string of the molecule is COC(=O)C1=C(C)NC(C)=C(c2nn[nH]n2)C1c1ccccc1C(F)(F)F. The Hall–Kier alpha value is -3.17. The van der Waals surface area contributed by atoms with E-state index < -0.39 is 23.6 Å². The van der Waals surface area contributed by atoms with Crippen molar-refractivity contribution in [1.29, 1.82) is 0 Å². The lowest BCUT2D eigenvalue weighted by molar-refractivity contribution is -0.139. The molecule has 2 heterocycles. The number of benzene rings is 1. The zero-order chi connectivity index (χ0) is 19.8. The molecular weight excluding hydrogens is 363 g/mol. The van der Waals surface area contributed by atoms with Crippen molar-refractivity contribution in [1.82, 2.24) is 25.9 Å². The molecule has 0 aliphatic carbocycles. The number of hydrogen-bond donors (Lipinski definition) is 2. The van der Waals surface area contributed by atoms with Crippen LogP contribution in [-0.2, 0) is 15.7 Å². The number of tetrazole rings is 1. The lowest BCUT2D eigenvalue weighted by atomic mass is 9.78. The van der Waals surface area contributed by atoms with Crippen molar-refractivity contribution in [2.24, 2.45) is 0 Å². The van der Waals surface area contributed by atoms with E-state index in [0.29, 0.717) is 17.0 Å². The number of ether oxygens (including phenoxy) is 1. The molecule has 7 nitrogen and oxygen atoms in total. The molecule has 1 aromatic carbocycles. The Morgan fingerprint density at radius 2 is 1.89 bits per heavy atom. The summed E-state index contributed by atoms with van der Waals surface area (Å²) in [6.45, 7) is 3.28. The van der Waals surface area contributed by atoms with Crippen LogP contribution in [0.4, 0.5) is 13.2 Å². The summed E-state index contributed by atoms with van der Waals surface area (Å²) in [6.07, 6.45) is -4.60. The zero-order valence-corrected chi connectivity index (χ0v) is 14.7. The highest BCUT2D eigenvalue weighted by atomic mass is 19.4. The third-order valence-electron chi connectivity index (χ3n) is 4.33. The molecule has 2 aromatic rings. The van der Waals surface area contributed by atoms with Crippen LogP contribution in [0.2, 0.25) is 0 Å². The molecule has 0 radical (unpaired) electrons. The van der Waals surface area contributed by atoms with Crippen LogP contribution in [0.3, 0.4) is 0 Å². The van der Waals surface area contributed by atoms with Gasteiger partial charge in [0.2, 0.25) is 5.82 Å². The highest BCUT2D eigenvalue weighted by Gasteiger charge is 2.42. The normalized spacial score (nSPS) is 17.8. The van der Waals surface area contributed by atoms with Gasteiger partial charge in [0.1, 0.15) is 0 Å². The maximum absolute atomic E-state index is 13.7. The minimum absolute atomic E-state index is 0.0552. The first-order valence-electron chi connectivity index (χ1n) is 7.92. The van der Waals surface area contributed by atoms with Gasteiger partial charge < -0.3 is 10.1 Å². The molecule has 1 aliphatic rings. The number of nitrogens with zero attached hydrogens (tertiary/aromatic N) is 3. The number of alkyl halides is 3. The number of aromatic nitrogens is 4. The Balaban J connectivity index is 2.32. The van der Waals surface area contributed by atoms with Crippen molar-refractivity contribution >= 4 is 11.5 Å². The minimum Gasteiger partial charge on any atom is -0.466 e. The number of carbonyl (C=O) groups excluding carboxylic acids is 1. The molecule has 2 N–H and O–H groups in total. The van der Waals surface area contributed by atoms with Gasteiger partial charge in [-0.25, -0.2) is 4.79 Å². The second-order valence-electron chi connectivity index (χ2n) is 5.95. The Morgan fingerprint density at radius 3 is 2.48 bits per heavy atom. The van der Waals surface area contributed by atoms with Gasteiger partial charge in [0.05, 0.1) is 18.2 Å². The van der Waals surface area contributed by atoms with Gasteiger partial charge in [0.25, 0.3) is 0 Å². The molecule has 1 unspecified atom stereocenters. The minimum atomic E-state index is -4.60. The van der Waals surface area contributed by atoms with E-state index in [-0.39, 0.29) is 17.0 Å². The second kappa shape index (κ2) is 6.86. The average molecular weight is 379 g/mol. The Morgan fingerprint density at radius 1 is 1.19 bits per heavy atom. The highest BCUT2D eigenvalue weighted by molar-refractivity contribution is 5.97. The van der Waals surface area contributed by atoms with Crippen LogP contribution in [0, 0.1) is 0 Å². The number of H-pyrrole nitrogens is 1. The molecule has 3 rings (SSSR count). The van der Waals surface area contributed by atoms with Gasteiger partial charge in [0, 0.05) is 22.9 Å². The topological polar surface area (TPSA) is 92.8 Å².